The Bertz CT molecular complexity index is 947. The van der Waals surface area contributed by atoms with Crippen molar-refractivity contribution in [3.8, 4) is 0 Å². The number of ether oxygens (including phenoxy) is 1. The first-order valence-electron chi connectivity index (χ1n) is 7.68. The van der Waals surface area contributed by atoms with E-state index in [2.05, 4.69) is 15.0 Å². The molecule has 0 spiro atoms. The minimum absolute atomic E-state index is 0.255. The lowest BCUT2D eigenvalue weighted by atomic mass is 10.1. The van der Waals surface area contributed by atoms with Gasteiger partial charge in [-0.2, -0.15) is 0 Å². The number of rotatable bonds is 4. The molecular weight excluding hydrogens is 316 g/mol. The molecule has 0 atom stereocenters. The van der Waals surface area contributed by atoms with E-state index in [4.69, 9.17) is 0 Å². The number of carbonyl (C=O) groups excluding carboxylic acids is 2. The van der Waals surface area contributed by atoms with Crippen molar-refractivity contribution in [2.24, 2.45) is 0 Å². The molecule has 0 aliphatic rings. The largest absolute Gasteiger partial charge is 0.465 e. The highest BCUT2D eigenvalue weighted by Gasteiger charge is 2.04. The number of carbonyl (C=O) groups is 2. The molecule has 0 bridgehead atoms. The standard InChI is InChI=1S/C20H16N2O3/c1-25-20(24)15-9-6-14(7-10-15)8-11-19(23)22-17-12-16-4-2-3-5-18(16)21-13-17/h2-13H,1H3,(H,22,23). The summed E-state index contributed by atoms with van der Waals surface area (Å²) < 4.78 is 4.64. The summed E-state index contributed by atoms with van der Waals surface area (Å²) >= 11 is 0. The van der Waals surface area contributed by atoms with E-state index < -0.39 is 5.97 Å². The lowest BCUT2D eigenvalue weighted by molar-refractivity contribution is -0.111. The lowest BCUT2D eigenvalue weighted by Crippen LogP contribution is -2.07. The van der Waals surface area contributed by atoms with E-state index in [0.29, 0.717) is 11.3 Å². The fourth-order valence-electron chi connectivity index (χ4n) is 2.34. The number of nitrogens with zero attached hydrogens (tertiary/aromatic N) is 1. The molecule has 1 heterocycles. The van der Waals surface area contributed by atoms with Crippen LogP contribution >= 0.6 is 0 Å². The van der Waals surface area contributed by atoms with Crippen molar-refractivity contribution in [2.45, 2.75) is 0 Å². The predicted octanol–water partition coefficient (Wildman–Crippen LogP) is 3.67. The molecule has 0 aliphatic carbocycles. The molecule has 5 nitrogen and oxygen atoms in total. The molecule has 1 aromatic heterocycles. The van der Waals surface area contributed by atoms with Crippen LogP contribution in [0.15, 0.2) is 66.9 Å². The number of methoxy groups -OCH3 is 1. The summed E-state index contributed by atoms with van der Waals surface area (Å²) in [6, 6.07) is 16.4. The first kappa shape index (κ1) is 16.4. The van der Waals surface area contributed by atoms with Gasteiger partial charge in [0.15, 0.2) is 0 Å². The Balaban J connectivity index is 1.66. The van der Waals surface area contributed by atoms with E-state index in [1.54, 1.807) is 36.5 Å². The zero-order valence-corrected chi connectivity index (χ0v) is 13.6. The van der Waals surface area contributed by atoms with Crippen LogP contribution in [-0.4, -0.2) is 24.0 Å². The first-order valence-corrected chi connectivity index (χ1v) is 7.68. The fraction of sp³-hybridized carbons (Fsp3) is 0.0500. The highest BCUT2D eigenvalue weighted by molar-refractivity contribution is 6.02. The SMILES string of the molecule is COC(=O)c1ccc(C=CC(=O)Nc2cnc3ccccc3c2)cc1. The molecule has 0 unspecified atom stereocenters. The van der Waals surface area contributed by atoms with Crippen molar-refractivity contribution in [2.75, 3.05) is 12.4 Å². The summed E-state index contributed by atoms with van der Waals surface area (Å²) in [7, 11) is 1.34. The van der Waals surface area contributed by atoms with Gasteiger partial charge in [0, 0.05) is 11.5 Å². The molecule has 0 fully saturated rings. The number of benzene rings is 2. The molecule has 1 amide bonds. The number of hydrogen-bond donors (Lipinski definition) is 1. The van der Waals surface area contributed by atoms with E-state index in [-0.39, 0.29) is 5.91 Å². The van der Waals surface area contributed by atoms with Crippen LogP contribution in [0.3, 0.4) is 0 Å². The number of hydrogen-bond acceptors (Lipinski definition) is 4. The smallest absolute Gasteiger partial charge is 0.337 e. The van der Waals surface area contributed by atoms with Crippen molar-refractivity contribution in [3.05, 3.63) is 78.0 Å². The molecule has 0 saturated carbocycles. The number of para-hydroxylation sites is 1. The average molecular weight is 332 g/mol. The second-order valence-corrected chi connectivity index (χ2v) is 5.35. The molecule has 3 rings (SSSR count). The Hall–Kier alpha value is -3.47. The number of fused-ring (bicyclic) bond motifs is 1. The van der Waals surface area contributed by atoms with Gasteiger partial charge in [0.1, 0.15) is 0 Å². The molecule has 3 aromatic rings. The molecule has 0 saturated heterocycles. The number of pyridine rings is 1. The zero-order chi connectivity index (χ0) is 17.6. The van der Waals surface area contributed by atoms with Crippen molar-refractivity contribution >= 4 is 34.5 Å². The highest BCUT2D eigenvalue weighted by Crippen LogP contribution is 2.16. The van der Waals surface area contributed by atoms with Gasteiger partial charge in [-0.05, 0) is 35.9 Å². The first-order chi connectivity index (χ1) is 12.2. The minimum Gasteiger partial charge on any atom is -0.465 e. The summed E-state index contributed by atoms with van der Waals surface area (Å²) in [4.78, 5) is 27.7. The number of aromatic nitrogens is 1. The molecule has 0 radical (unpaired) electrons. The average Bonchev–Trinajstić information content (AvgIpc) is 2.66. The van der Waals surface area contributed by atoms with Crippen molar-refractivity contribution in [1.82, 2.24) is 4.98 Å². The van der Waals surface area contributed by atoms with Gasteiger partial charge in [0.05, 0.1) is 30.1 Å². The van der Waals surface area contributed by atoms with Gasteiger partial charge in [-0.25, -0.2) is 4.79 Å². The second-order valence-electron chi connectivity index (χ2n) is 5.35. The molecule has 2 aromatic carbocycles. The highest BCUT2D eigenvalue weighted by atomic mass is 16.5. The van der Waals surface area contributed by atoms with Gasteiger partial charge in [-0.3, -0.25) is 9.78 Å². The summed E-state index contributed by atoms with van der Waals surface area (Å²) in [6.07, 6.45) is 4.73. The quantitative estimate of drug-likeness (QED) is 0.584. The van der Waals surface area contributed by atoms with E-state index in [9.17, 15) is 9.59 Å². The van der Waals surface area contributed by atoms with Crippen molar-refractivity contribution in [3.63, 3.8) is 0 Å². The predicted molar refractivity (Wildman–Crippen MR) is 97.2 cm³/mol. The maximum Gasteiger partial charge on any atom is 0.337 e. The van der Waals surface area contributed by atoms with Gasteiger partial charge in [0.25, 0.3) is 0 Å². The van der Waals surface area contributed by atoms with Gasteiger partial charge in [-0.1, -0.05) is 30.3 Å². The Labute approximate surface area is 145 Å². The maximum absolute atomic E-state index is 12.0. The molecule has 25 heavy (non-hydrogen) atoms. The number of anilines is 1. The van der Waals surface area contributed by atoms with E-state index >= 15 is 0 Å². The third-order valence-corrected chi connectivity index (χ3v) is 3.62. The van der Waals surface area contributed by atoms with Crippen molar-refractivity contribution < 1.29 is 14.3 Å². The summed E-state index contributed by atoms with van der Waals surface area (Å²) in [5.74, 6) is -0.647. The third kappa shape index (κ3) is 4.09. The molecule has 1 N–H and O–H groups in total. The van der Waals surface area contributed by atoms with Gasteiger partial charge in [0.2, 0.25) is 5.91 Å². The molecule has 124 valence electrons. The minimum atomic E-state index is -0.392. The fourth-order valence-corrected chi connectivity index (χ4v) is 2.34. The van der Waals surface area contributed by atoms with Crippen LogP contribution < -0.4 is 5.32 Å². The zero-order valence-electron chi connectivity index (χ0n) is 13.6. The maximum atomic E-state index is 12.0. The van der Waals surface area contributed by atoms with Crippen LogP contribution in [0, 0.1) is 0 Å². The second kappa shape index (κ2) is 7.40. The Kier molecular flexibility index (Phi) is 4.85. The normalized spacial score (nSPS) is 10.8. The third-order valence-electron chi connectivity index (χ3n) is 3.62. The lowest BCUT2D eigenvalue weighted by Gasteiger charge is -2.03. The summed E-state index contributed by atoms with van der Waals surface area (Å²) in [5, 5.41) is 3.74. The Morgan fingerprint density at radius 2 is 1.84 bits per heavy atom. The van der Waals surface area contributed by atoms with E-state index in [1.165, 1.54) is 13.2 Å². The monoisotopic (exact) mass is 332 g/mol. The number of amides is 1. The van der Waals surface area contributed by atoms with Gasteiger partial charge >= 0.3 is 5.97 Å². The topological polar surface area (TPSA) is 68.3 Å². The Morgan fingerprint density at radius 1 is 1.08 bits per heavy atom. The van der Waals surface area contributed by atoms with Crippen LogP contribution in [0.5, 0.6) is 0 Å². The van der Waals surface area contributed by atoms with Crippen LogP contribution in [0.1, 0.15) is 15.9 Å². The van der Waals surface area contributed by atoms with E-state index in [1.807, 2.05) is 30.3 Å². The number of nitrogens with one attached hydrogen (secondary N) is 1. The molecule has 5 heteroatoms. The Morgan fingerprint density at radius 3 is 2.60 bits per heavy atom. The number of esters is 1. The summed E-state index contributed by atoms with van der Waals surface area (Å²) in [5.41, 5.74) is 2.78. The molecular formula is C20H16N2O3. The van der Waals surface area contributed by atoms with Crippen LogP contribution in [0.25, 0.3) is 17.0 Å². The van der Waals surface area contributed by atoms with Crippen LogP contribution in [0.4, 0.5) is 5.69 Å². The summed E-state index contributed by atoms with van der Waals surface area (Å²) in [6.45, 7) is 0. The van der Waals surface area contributed by atoms with Crippen LogP contribution in [-0.2, 0) is 9.53 Å². The van der Waals surface area contributed by atoms with Gasteiger partial charge in [-0.15, -0.1) is 0 Å². The van der Waals surface area contributed by atoms with Gasteiger partial charge < -0.3 is 10.1 Å². The van der Waals surface area contributed by atoms with Crippen LogP contribution in [0.2, 0.25) is 0 Å². The molecule has 0 aliphatic heterocycles. The van der Waals surface area contributed by atoms with E-state index in [0.717, 1.165) is 16.5 Å². The van der Waals surface area contributed by atoms with Crippen molar-refractivity contribution in [1.29, 1.82) is 0 Å².